The van der Waals surface area contributed by atoms with Crippen molar-refractivity contribution < 1.29 is 9.13 Å². The maximum absolute atomic E-state index is 14.5. The number of methoxy groups -OCH3 is 1. The minimum atomic E-state index is -0.255. The van der Waals surface area contributed by atoms with E-state index in [4.69, 9.17) is 4.74 Å². The highest BCUT2D eigenvalue weighted by Gasteiger charge is 2.05. The van der Waals surface area contributed by atoms with Gasteiger partial charge in [0.2, 0.25) is 0 Å². The molecule has 0 aromatic heterocycles. The Hall–Kier alpha value is -3.05. The molecule has 0 spiro atoms. The summed E-state index contributed by atoms with van der Waals surface area (Å²) in [7, 11) is 1.63. The summed E-state index contributed by atoms with van der Waals surface area (Å²) in [5, 5.41) is 0. The molecule has 0 saturated carbocycles. The first-order chi connectivity index (χ1) is 12.7. The lowest BCUT2D eigenvalue weighted by Gasteiger charge is -2.06. The van der Waals surface area contributed by atoms with Crippen LogP contribution in [0.15, 0.2) is 66.7 Å². The van der Waals surface area contributed by atoms with E-state index in [0.29, 0.717) is 11.1 Å². The second-order valence-corrected chi connectivity index (χ2v) is 6.12. The molecule has 0 saturated heterocycles. The van der Waals surface area contributed by atoms with E-state index in [1.165, 1.54) is 11.6 Å². The fourth-order valence-electron chi connectivity index (χ4n) is 2.79. The quantitative estimate of drug-likeness (QED) is 0.539. The summed E-state index contributed by atoms with van der Waals surface area (Å²) in [6.07, 6.45) is 2.15. The molecule has 0 N–H and O–H groups in total. The summed E-state index contributed by atoms with van der Waals surface area (Å²) in [6.45, 7) is 2.15. The van der Waals surface area contributed by atoms with Gasteiger partial charge in [0.25, 0.3) is 0 Å². The zero-order chi connectivity index (χ0) is 18.4. The van der Waals surface area contributed by atoms with E-state index in [9.17, 15) is 4.39 Å². The summed E-state index contributed by atoms with van der Waals surface area (Å²) in [6, 6.07) is 20.7. The van der Waals surface area contributed by atoms with Crippen LogP contribution in [-0.4, -0.2) is 7.11 Å². The van der Waals surface area contributed by atoms with Crippen LogP contribution in [0.4, 0.5) is 4.39 Å². The van der Waals surface area contributed by atoms with Crippen molar-refractivity contribution in [3.63, 3.8) is 0 Å². The first-order valence-electron chi connectivity index (χ1n) is 8.74. The number of hydrogen-bond donors (Lipinski definition) is 0. The van der Waals surface area contributed by atoms with Gasteiger partial charge in [-0.3, -0.25) is 0 Å². The van der Waals surface area contributed by atoms with Crippen LogP contribution in [0.1, 0.15) is 30.0 Å². The number of aryl methyl sites for hydroxylation is 1. The van der Waals surface area contributed by atoms with Crippen molar-refractivity contribution in [3.05, 3.63) is 89.2 Å². The third-order valence-corrected chi connectivity index (χ3v) is 4.21. The van der Waals surface area contributed by atoms with Crippen molar-refractivity contribution in [1.82, 2.24) is 0 Å². The molecule has 26 heavy (non-hydrogen) atoms. The lowest BCUT2D eigenvalue weighted by atomic mass is 10.0. The van der Waals surface area contributed by atoms with E-state index < -0.39 is 0 Å². The molecule has 0 aliphatic rings. The van der Waals surface area contributed by atoms with Crippen LogP contribution in [0, 0.1) is 17.7 Å². The average Bonchev–Trinajstić information content (AvgIpc) is 2.68. The van der Waals surface area contributed by atoms with E-state index in [1.54, 1.807) is 13.2 Å². The van der Waals surface area contributed by atoms with Crippen LogP contribution in [-0.2, 0) is 6.42 Å². The number of rotatable bonds is 4. The largest absolute Gasteiger partial charge is 0.497 e. The molecule has 3 aromatic carbocycles. The first-order valence-corrected chi connectivity index (χ1v) is 8.74. The maximum atomic E-state index is 14.5. The summed E-state index contributed by atoms with van der Waals surface area (Å²) >= 11 is 0. The highest BCUT2D eigenvalue weighted by molar-refractivity contribution is 5.65. The smallest absolute Gasteiger partial charge is 0.132 e. The van der Waals surface area contributed by atoms with Crippen LogP contribution in [0.2, 0.25) is 0 Å². The van der Waals surface area contributed by atoms with Gasteiger partial charge in [-0.25, -0.2) is 4.39 Å². The highest BCUT2D eigenvalue weighted by Crippen LogP contribution is 2.24. The van der Waals surface area contributed by atoms with Crippen molar-refractivity contribution in [2.75, 3.05) is 7.11 Å². The van der Waals surface area contributed by atoms with Gasteiger partial charge in [-0.05, 0) is 53.9 Å². The maximum Gasteiger partial charge on any atom is 0.132 e. The average molecular weight is 344 g/mol. The third-order valence-electron chi connectivity index (χ3n) is 4.21. The number of benzene rings is 3. The monoisotopic (exact) mass is 344 g/mol. The predicted octanol–water partition coefficient (Wildman–Crippen LogP) is 5.85. The molecular weight excluding hydrogens is 323 g/mol. The number of ether oxygens (including phenoxy) is 1. The molecule has 3 rings (SSSR count). The SMILES string of the molecule is CCCc1ccc(-c2ccc(C#Cc3ccc(OC)cc3)cc2F)cc1. The second kappa shape index (κ2) is 8.36. The topological polar surface area (TPSA) is 9.23 Å². The van der Waals surface area contributed by atoms with Crippen molar-refractivity contribution >= 4 is 0 Å². The zero-order valence-corrected chi connectivity index (χ0v) is 15.1. The van der Waals surface area contributed by atoms with Crippen LogP contribution in [0.25, 0.3) is 11.1 Å². The highest BCUT2D eigenvalue weighted by atomic mass is 19.1. The van der Waals surface area contributed by atoms with Crippen LogP contribution in [0.5, 0.6) is 5.75 Å². The third kappa shape index (κ3) is 4.32. The summed E-state index contributed by atoms with van der Waals surface area (Å²) < 4.78 is 19.7. The summed E-state index contributed by atoms with van der Waals surface area (Å²) in [4.78, 5) is 0. The molecule has 130 valence electrons. The molecule has 0 aliphatic carbocycles. The Balaban J connectivity index is 1.80. The summed E-state index contributed by atoms with van der Waals surface area (Å²) in [5.74, 6) is 6.59. The zero-order valence-electron chi connectivity index (χ0n) is 15.1. The van der Waals surface area contributed by atoms with Gasteiger partial charge < -0.3 is 4.74 Å². The van der Waals surface area contributed by atoms with E-state index in [0.717, 1.165) is 29.7 Å². The Morgan fingerprint density at radius 1 is 0.846 bits per heavy atom. The van der Waals surface area contributed by atoms with Crippen LogP contribution >= 0.6 is 0 Å². The predicted molar refractivity (Wildman–Crippen MR) is 105 cm³/mol. The van der Waals surface area contributed by atoms with Crippen LogP contribution < -0.4 is 4.74 Å². The number of halogens is 1. The Labute approximate surface area is 154 Å². The molecular formula is C24H21FO. The van der Waals surface area contributed by atoms with Gasteiger partial charge in [-0.2, -0.15) is 0 Å². The minimum Gasteiger partial charge on any atom is -0.497 e. The van der Waals surface area contributed by atoms with Gasteiger partial charge in [0.05, 0.1) is 7.11 Å². The molecule has 0 amide bonds. The van der Waals surface area contributed by atoms with Crippen LogP contribution in [0.3, 0.4) is 0 Å². The van der Waals surface area contributed by atoms with E-state index in [2.05, 4.69) is 30.9 Å². The van der Waals surface area contributed by atoms with Crippen molar-refractivity contribution in [2.45, 2.75) is 19.8 Å². The Kier molecular flexibility index (Phi) is 5.71. The minimum absolute atomic E-state index is 0.255. The lowest BCUT2D eigenvalue weighted by Crippen LogP contribution is -1.88. The molecule has 0 fully saturated rings. The fourth-order valence-corrected chi connectivity index (χ4v) is 2.79. The summed E-state index contributed by atoms with van der Waals surface area (Å²) in [5.41, 5.74) is 4.28. The number of hydrogen-bond acceptors (Lipinski definition) is 1. The second-order valence-electron chi connectivity index (χ2n) is 6.12. The Bertz CT molecular complexity index is 929. The Morgan fingerprint density at radius 3 is 2.12 bits per heavy atom. The molecule has 0 unspecified atom stereocenters. The van der Waals surface area contributed by atoms with Gasteiger partial charge in [0, 0.05) is 16.7 Å². The lowest BCUT2D eigenvalue weighted by molar-refractivity contribution is 0.415. The van der Waals surface area contributed by atoms with Gasteiger partial charge in [-0.15, -0.1) is 0 Å². The molecule has 2 heteroatoms. The van der Waals surface area contributed by atoms with E-state index >= 15 is 0 Å². The normalized spacial score (nSPS) is 10.1. The molecule has 1 nitrogen and oxygen atoms in total. The van der Waals surface area contributed by atoms with Gasteiger partial charge in [0.1, 0.15) is 11.6 Å². The first kappa shape index (κ1) is 17.8. The van der Waals surface area contributed by atoms with E-state index in [1.807, 2.05) is 42.5 Å². The fraction of sp³-hybridized carbons (Fsp3) is 0.167. The van der Waals surface area contributed by atoms with Gasteiger partial charge in [0.15, 0.2) is 0 Å². The molecule has 0 bridgehead atoms. The van der Waals surface area contributed by atoms with Gasteiger partial charge in [-0.1, -0.05) is 55.5 Å². The molecule has 0 atom stereocenters. The van der Waals surface area contributed by atoms with Crippen molar-refractivity contribution in [3.8, 4) is 28.7 Å². The van der Waals surface area contributed by atoms with Gasteiger partial charge >= 0.3 is 0 Å². The molecule has 0 aliphatic heterocycles. The van der Waals surface area contributed by atoms with E-state index in [-0.39, 0.29) is 5.82 Å². The van der Waals surface area contributed by atoms with Crippen molar-refractivity contribution in [1.29, 1.82) is 0 Å². The molecule has 0 heterocycles. The molecule has 3 aromatic rings. The Morgan fingerprint density at radius 2 is 1.50 bits per heavy atom. The van der Waals surface area contributed by atoms with Crippen molar-refractivity contribution in [2.24, 2.45) is 0 Å². The molecule has 0 radical (unpaired) electrons. The standard InChI is InChI=1S/C24H21FO/c1-3-4-18-7-12-21(13-8-18)23-16-11-20(17-24(23)25)6-5-19-9-14-22(26-2)15-10-19/h7-17H,3-4H2,1-2H3.